The minimum atomic E-state index is -0.0151. The van der Waals surface area contributed by atoms with Gasteiger partial charge < -0.3 is 14.9 Å². The Kier molecular flexibility index (Phi) is 2.76. The SMILES string of the molecule is COc1cocc1C(N)C(C)C. The molecule has 1 heterocycles. The van der Waals surface area contributed by atoms with Crippen LogP contribution in [0.4, 0.5) is 0 Å². The summed E-state index contributed by atoms with van der Waals surface area (Å²) >= 11 is 0. The highest BCUT2D eigenvalue weighted by molar-refractivity contribution is 5.30. The fourth-order valence-corrected chi connectivity index (χ4v) is 1.06. The fraction of sp³-hybridized carbons (Fsp3) is 0.556. The van der Waals surface area contributed by atoms with Crippen LogP contribution in [-0.4, -0.2) is 7.11 Å². The predicted octanol–water partition coefficient (Wildman–Crippen LogP) is 1.94. The van der Waals surface area contributed by atoms with Crippen molar-refractivity contribution in [2.75, 3.05) is 7.11 Å². The van der Waals surface area contributed by atoms with Gasteiger partial charge in [0.2, 0.25) is 0 Å². The maximum Gasteiger partial charge on any atom is 0.161 e. The molecule has 2 N–H and O–H groups in total. The maximum atomic E-state index is 5.92. The Morgan fingerprint density at radius 2 is 2.08 bits per heavy atom. The van der Waals surface area contributed by atoms with Crippen molar-refractivity contribution in [2.45, 2.75) is 19.9 Å². The van der Waals surface area contributed by atoms with Gasteiger partial charge >= 0.3 is 0 Å². The van der Waals surface area contributed by atoms with Crippen molar-refractivity contribution in [3.05, 3.63) is 18.1 Å². The topological polar surface area (TPSA) is 48.4 Å². The van der Waals surface area contributed by atoms with Gasteiger partial charge in [0.1, 0.15) is 6.26 Å². The summed E-state index contributed by atoms with van der Waals surface area (Å²) in [5, 5.41) is 0. The lowest BCUT2D eigenvalue weighted by Gasteiger charge is -2.14. The zero-order chi connectivity index (χ0) is 9.14. The van der Waals surface area contributed by atoms with E-state index in [0.717, 1.165) is 11.3 Å². The van der Waals surface area contributed by atoms with Crippen molar-refractivity contribution < 1.29 is 9.15 Å². The maximum absolute atomic E-state index is 5.92. The molecular weight excluding hydrogens is 154 g/mol. The van der Waals surface area contributed by atoms with E-state index in [4.69, 9.17) is 14.9 Å². The van der Waals surface area contributed by atoms with Gasteiger partial charge in [-0.2, -0.15) is 0 Å². The van der Waals surface area contributed by atoms with E-state index in [0.29, 0.717) is 5.92 Å². The first-order valence-corrected chi connectivity index (χ1v) is 4.02. The summed E-state index contributed by atoms with van der Waals surface area (Å²) in [5.41, 5.74) is 6.86. The molecule has 0 bridgehead atoms. The third-order valence-corrected chi connectivity index (χ3v) is 1.95. The molecule has 1 rings (SSSR count). The second-order valence-electron chi connectivity index (χ2n) is 3.17. The summed E-state index contributed by atoms with van der Waals surface area (Å²) in [4.78, 5) is 0. The summed E-state index contributed by atoms with van der Waals surface area (Å²) in [6.45, 7) is 4.13. The summed E-state index contributed by atoms with van der Waals surface area (Å²) in [6, 6.07) is -0.0151. The third kappa shape index (κ3) is 1.61. The lowest BCUT2D eigenvalue weighted by Crippen LogP contribution is -2.16. The first kappa shape index (κ1) is 9.13. The molecule has 1 aromatic rings. The summed E-state index contributed by atoms with van der Waals surface area (Å²) in [5.74, 6) is 1.12. The van der Waals surface area contributed by atoms with E-state index in [-0.39, 0.29) is 6.04 Å². The van der Waals surface area contributed by atoms with Crippen LogP contribution in [-0.2, 0) is 0 Å². The van der Waals surface area contributed by atoms with Gasteiger partial charge in [0.05, 0.1) is 13.4 Å². The molecule has 0 saturated heterocycles. The van der Waals surface area contributed by atoms with Crippen LogP contribution in [0.25, 0.3) is 0 Å². The first-order valence-electron chi connectivity index (χ1n) is 4.02. The van der Waals surface area contributed by atoms with Crippen molar-refractivity contribution in [3.8, 4) is 5.75 Å². The van der Waals surface area contributed by atoms with Crippen LogP contribution in [0.3, 0.4) is 0 Å². The number of hydrogen-bond donors (Lipinski definition) is 1. The lowest BCUT2D eigenvalue weighted by atomic mass is 9.99. The molecule has 0 saturated carbocycles. The molecule has 1 aromatic heterocycles. The van der Waals surface area contributed by atoms with Crippen molar-refractivity contribution in [1.82, 2.24) is 0 Å². The molecule has 0 amide bonds. The van der Waals surface area contributed by atoms with E-state index in [2.05, 4.69) is 13.8 Å². The van der Waals surface area contributed by atoms with Crippen molar-refractivity contribution in [2.24, 2.45) is 11.7 Å². The van der Waals surface area contributed by atoms with Crippen LogP contribution >= 0.6 is 0 Å². The van der Waals surface area contributed by atoms with Gasteiger partial charge in [0.15, 0.2) is 5.75 Å². The number of nitrogens with two attached hydrogens (primary N) is 1. The Hall–Kier alpha value is -0.960. The summed E-state index contributed by atoms with van der Waals surface area (Å²) in [7, 11) is 1.61. The molecule has 12 heavy (non-hydrogen) atoms. The van der Waals surface area contributed by atoms with E-state index in [1.54, 1.807) is 19.6 Å². The molecule has 3 heteroatoms. The highest BCUT2D eigenvalue weighted by Gasteiger charge is 2.16. The molecule has 1 atom stereocenters. The number of furan rings is 1. The second-order valence-corrected chi connectivity index (χ2v) is 3.17. The highest BCUT2D eigenvalue weighted by atomic mass is 16.5. The van der Waals surface area contributed by atoms with Crippen molar-refractivity contribution in [1.29, 1.82) is 0 Å². The van der Waals surface area contributed by atoms with Gasteiger partial charge in [0, 0.05) is 11.6 Å². The summed E-state index contributed by atoms with van der Waals surface area (Å²) in [6.07, 6.45) is 3.21. The quantitative estimate of drug-likeness (QED) is 0.752. The molecule has 3 nitrogen and oxygen atoms in total. The molecular formula is C9H15NO2. The van der Waals surface area contributed by atoms with E-state index < -0.39 is 0 Å². The van der Waals surface area contributed by atoms with Gasteiger partial charge in [-0.1, -0.05) is 13.8 Å². The fourth-order valence-electron chi connectivity index (χ4n) is 1.06. The number of ether oxygens (including phenoxy) is 1. The van der Waals surface area contributed by atoms with Crippen LogP contribution in [0.15, 0.2) is 16.9 Å². The molecule has 0 aliphatic carbocycles. The summed E-state index contributed by atoms with van der Waals surface area (Å²) < 4.78 is 10.1. The molecule has 0 spiro atoms. The van der Waals surface area contributed by atoms with E-state index in [9.17, 15) is 0 Å². The minimum absolute atomic E-state index is 0.0151. The van der Waals surface area contributed by atoms with E-state index in [1.807, 2.05) is 0 Å². The predicted molar refractivity (Wildman–Crippen MR) is 47.0 cm³/mol. The van der Waals surface area contributed by atoms with E-state index >= 15 is 0 Å². The third-order valence-electron chi connectivity index (χ3n) is 1.95. The lowest BCUT2D eigenvalue weighted by molar-refractivity contribution is 0.394. The molecule has 1 unspecified atom stereocenters. The molecule has 0 aliphatic rings. The van der Waals surface area contributed by atoms with Gasteiger partial charge in [-0.05, 0) is 5.92 Å². The Labute approximate surface area is 72.5 Å². The zero-order valence-electron chi connectivity index (χ0n) is 7.70. The van der Waals surface area contributed by atoms with Gasteiger partial charge in [-0.3, -0.25) is 0 Å². The largest absolute Gasteiger partial charge is 0.493 e. The first-order chi connectivity index (χ1) is 5.66. The molecule has 0 radical (unpaired) electrons. The number of methoxy groups -OCH3 is 1. The Morgan fingerprint density at radius 1 is 1.42 bits per heavy atom. The Morgan fingerprint density at radius 3 is 2.58 bits per heavy atom. The average Bonchev–Trinajstić information content (AvgIpc) is 2.49. The normalized spacial score (nSPS) is 13.4. The Balaban J connectivity index is 2.86. The molecule has 68 valence electrons. The van der Waals surface area contributed by atoms with Crippen LogP contribution in [0.5, 0.6) is 5.75 Å². The van der Waals surface area contributed by atoms with Gasteiger partial charge in [-0.25, -0.2) is 0 Å². The minimum Gasteiger partial charge on any atom is -0.493 e. The van der Waals surface area contributed by atoms with Crippen molar-refractivity contribution >= 4 is 0 Å². The monoisotopic (exact) mass is 169 g/mol. The zero-order valence-corrected chi connectivity index (χ0v) is 7.70. The van der Waals surface area contributed by atoms with Crippen LogP contribution in [0.1, 0.15) is 25.5 Å². The Bertz CT molecular complexity index is 242. The van der Waals surface area contributed by atoms with Gasteiger partial charge in [-0.15, -0.1) is 0 Å². The smallest absolute Gasteiger partial charge is 0.161 e. The second kappa shape index (κ2) is 3.63. The van der Waals surface area contributed by atoms with Crippen LogP contribution in [0, 0.1) is 5.92 Å². The van der Waals surface area contributed by atoms with Crippen LogP contribution in [0.2, 0.25) is 0 Å². The molecule has 0 aromatic carbocycles. The average molecular weight is 169 g/mol. The highest BCUT2D eigenvalue weighted by Crippen LogP contribution is 2.28. The number of hydrogen-bond acceptors (Lipinski definition) is 3. The molecule has 0 aliphatic heterocycles. The van der Waals surface area contributed by atoms with Crippen molar-refractivity contribution in [3.63, 3.8) is 0 Å². The number of rotatable bonds is 3. The standard InChI is InChI=1S/C9H15NO2/c1-6(2)9(10)7-4-12-5-8(7)11-3/h4-6,9H,10H2,1-3H3. The van der Waals surface area contributed by atoms with Crippen LogP contribution < -0.4 is 10.5 Å². The van der Waals surface area contributed by atoms with E-state index in [1.165, 1.54) is 0 Å². The van der Waals surface area contributed by atoms with Gasteiger partial charge in [0.25, 0.3) is 0 Å². The molecule has 0 fully saturated rings.